The molecule has 2 heterocycles. The van der Waals surface area contributed by atoms with Crippen molar-refractivity contribution < 1.29 is 9.53 Å². The molecule has 0 unspecified atom stereocenters. The summed E-state index contributed by atoms with van der Waals surface area (Å²) in [6.45, 7) is 3.78. The van der Waals surface area contributed by atoms with E-state index in [1.54, 1.807) is 18.5 Å². The van der Waals surface area contributed by atoms with Gasteiger partial charge >= 0.3 is 0 Å². The van der Waals surface area contributed by atoms with E-state index in [0.717, 1.165) is 23.4 Å². The van der Waals surface area contributed by atoms with Crippen molar-refractivity contribution in [3.05, 3.63) is 53.3 Å². The van der Waals surface area contributed by atoms with Gasteiger partial charge in [0, 0.05) is 25.5 Å². The predicted molar refractivity (Wildman–Crippen MR) is 80.6 cm³/mol. The zero-order chi connectivity index (χ0) is 14.7. The van der Waals surface area contributed by atoms with Crippen molar-refractivity contribution in [2.24, 2.45) is 0 Å². The van der Waals surface area contributed by atoms with Gasteiger partial charge in [-0.2, -0.15) is 0 Å². The molecular formula is C16H17N3O2. The lowest BCUT2D eigenvalue weighted by molar-refractivity contribution is 0.0946. The smallest absolute Gasteiger partial charge is 0.255 e. The molecular weight excluding hydrogens is 266 g/mol. The van der Waals surface area contributed by atoms with Crippen molar-refractivity contribution >= 4 is 11.6 Å². The number of pyridine rings is 1. The number of para-hydroxylation sites is 1. The molecule has 1 aliphatic heterocycles. The van der Waals surface area contributed by atoms with E-state index in [9.17, 15) is 4.79 Å². The molecule has 1 aliphatic rings. The van der Waals surface area contributed by atoms with E-state index in [1.165, 1.54) is 0 Å². The van der Waals surface area contributed by atoms with E-state index < -0.39 is 0 Å². The number of carbonyl (C=O) groups is 1. The highest BCUT2D eigenvalue weighted by Gasteiger charge is 2.18. The van der Waals surface area contributed by atoms with Crippen LogP contribution in [-0.4, -0.2) is 24.0 Å². The first-order valence-corrected chi connectivity index (χ1v) is 6.93. The summed E-state index contributed by atoms with van der Waals surface area (Å²) in [5.41, 5.74) is 3.54. The minimum absolute atomic E-state index is 0.140. The van der Waals surface area contributed by atoms with Gasteiger partial charge in [0.25, 0.3) is 5.91 Å². The highest BCUT2D eigenvalue weighted by molar-refractivity contribution is 5.98. The van der Waals surface area contributed by atoms with Crippen LogP contribution in [0.2, 0.25) is 0 Å². The predicted octanol–water partition coefficient (Wildman–Crippen LogP) is 2.12. The third-order valence-electron chi connectivity index (χ3n) is 3.51. The number of benzene rings is 1. The van der Waals surface area contributed by atoms with Crippen LogP contribution >= 0.6 is 0 Å². The maximum atomic E-state index is 12.4. The van der Waals surface area contributed by atoms with Crippen LogP contribution in [-0.2, 0) is 6.54 Å². The van der Waals surface area contributed by atoms with Crippen molar-refractivity contribution in [3.8, 4) is 5.75 Å². The Morgan fingerprint density at radius 2 is 2.33 bits per heavy atom. The Labute approximate surface area is 123 Å². The number of nitrogens with zero attached hydrogens (tertiary/aromatic N) is 1. The summed E-state index contributed by atoms with van der Waals surface area (Å²) >= 11 is 0. The average molecular weight is 283 g/mol. The first kappa shape index (κ1) is 13.4. The van der Waals surface area contributed by atoms with Crippen LogP contribution < -0.4 is 15.4 Å². The molecule has 0 fully saturated rings. The number of aromatic nitrogens is 1. The van der Waals surface area contributed by atoms with Gasteiger partial charge < -0.3 is 15.4 Å². The number of amides is 1. The summed E-state index contributed by atoms with van der Waals surface area (Å²) in [6, 6.07) is 7.47. The molecule has 0 aliphatic carbocycles. The summed E-state index contributed by atoms with van der Waals surface area (Å²) in [5, 5.41) is 6.15. The van der Waals surface area contributed by atoms with Gasteiger partial charge in [-0.25, -0.2) is 0 Å². The van der Waals surface area contributed by atoms with Gasteiger partial charge in [-0.1, -0.05) is 6.07 Å². The topological polar surface area (TPSA) is 63.2 Å². The van der Waals surface area contributed by atoms with Crippen LogP contribution in [0.25, 0.3) is 0 Å². The number of nitrogens with one attached hydrogen (secondary N) is 2. The standard InChI is InChI=1S/C16H17N3O2/c1-11-5-6-17-9-12(11)10-19-16(20)13-3-2-4-14-15(13)21-8-7-18-14/h2-6,9,18H,7-8,10H2,1H3,(H,19,20). The molecule has 0 spiro atoms. The summed E-state index contributed by atoms with van der Waals surface area (Å²) in [5.74, 6) is 0.489. The lowest BCUT2D eigenvalue weighted by Crippen LogP contribution is -2.26. The summed E-state index contributed by atoms with van der Waals surface area (Å²) in [4.78, 5) is 16.4. The number of hydrogen-bond donors (Lipinski definition) is 2. The molecule has 0 saturated heterocycles. The van der Waals surface area contributed by atoms with Gasteiger partial charge in [0.1, 0.15) is 6.61 Å². The number of aryl methyl sites for hydroxylation is 1. The fraction of sp³-hybridized carbons (Fsp3) is 0.250. The van der Waals surface area contributed by atoms with Gasteiger partial charge in [0.2, 0.25) is 0 Å². The molecule has 1 aromatic carbocycles. The van der Waals surface area contributed by atoms with E-state index in [4.69, 9.17) is 4.74 Å². The second-order valence-corrected chi connectivity index (χ2v) is 4.94. The third-order valence-corrected chi connectivity index (χ3v) is 3.51. The fourth-order valence-corrected chi connectivity index (χ4v) is 2.30. The van der Waals surface area contributed by atoms with E-state index in [2.05, 4.69) is 15.6 Å². The van der Waals surface area contributed by atoms with Gasteiger partial charge in [0.15, 0.2) is 5.75 Å². The third kappa shape index (κ3) is 2.81. The molecule has 21 heavy (non-hydrogen) atoms. The van der Waals surface area contributed by atoms with Gasteiger partial charge in [0.05, 0.1) is 11.3 Å². The van der Waals surface area contributed by atoms with Crippen molar-refractivity contribution in [1.29, 1.82) is 0 Å². The molecule has 1 amide bonds. The summed E-state index contributed by atoms with van der Waals surface area (Å²) in [7, 11) is 0. The van der Waals surface area contributed by atoms with Crippen molar-refractivity contribution in [2.75, 3.05) is 18.5 Å². The average Bonchev–Trinajstić information content (AvgIpc) is 2.53. The summed E-state index contributed by atoms with van der Waals surface area (Å²) < 4.78 is 5.62. The van der Waals surface area contributed by atoms with Crippen LogP contribution in [0, 0.1) is 6.92 Å². The molecule has 3 rings (SSSR count). The molecule has 108 valence electrons. The Morgan fingerprint density at radius 3 is 3.19 bits per heavy atom. The van der Waals surface area contributed by atoms with Crippen molar-refractivity contribution in [1.82, 2.24) is 10.3 Å². The molecule has 1 aromatic heterocycles. The van der Waals surface area contributed by atoms with Gasteiger partial charge in [-0.15, -0.1) is 0 Å². The Morgan fingerprint density at radius 1 is 1.43 bits per heavy atom. The molecule has 0 saturated carbocycles. The van der Waals surface area contributed by atoms with Crippen LogP contribution in [0.5, 0.6) is 5.75 Å². The number of hydrogen-bond acceptors (Lipinski definition) is 4. The molecule has 2 N–H and O–H groups in total. The van der Waals surface area contributed by atoms with E-state index in [-0.39, 0.29) is 5.91 Å². The van der Waals surface area contributed by atoms with Crippen molar-refractivity contribution in [3.63, 3.8) is 0 Å². The number of rotatable bonds is 3. The summed E-state index contributed by atoms with van der Waals surface area (Å²) in [6.07, 6.45) is 3.52. The molecule has 0 atom stereocenters. The largest absolute Gasteiger partial charge is 0.489 e. The van der Waals surface area contributed by atoms with Gasteiger partial charge in [-0.3, -0.25) is 9.78 Å². The van der Waals surface area contributed by atoms with Crippen molar-refractivity contribution in [2.45, 2.75) is 13.5 Å². The maximum Gasteiger partial charge on any atom is 0.255 e. The normalized spacial score (nSPS) is 12.8. The Bertz CT molecular complexity index is 670. The molecule has 0 bridgehead atoms. The van der Waals surface area contributed by atoms with E-state index >= 15 is 0 Å². The Hall–Kier alpha value is -2.56. The van der Waals surface area contributed by atoms with Crippen LogP contribution in [0.4, 0.5) is 5.69 Å². The fourth-order valence-electron chi connectivity index (χ4n) is 2.30. The van der Waals surface area contributed by atoms with Gasteiger partial charge in [-0.05, 0) is 36.2 Å². The second-order valence-electron chi connectivity index (χ2n) is 4.94. The molecule has 0 radical (unpaired) electrons. The minimum atomic E-state index is -0.140. The zero-order valence-electron chi connectivity index (χ0n) is 11.8. The minimum Gasteiger partial charge on any atom is -0.489 e. The highest BCUT2D eigenvalue weighted by atomic mass is 16.5. The Balaban J connectivity index is 1.76. The first-order valence-electron chi connectivity index (χ1n) is 6.93. The lowest BCUT2D eigenvalue weighted by Gasteiger charge is -2.21. The van der Waals surface area contributed by atoms with Crippen LogP contribution in [0.1, 0.15) is 21.5 Å². The first-order chi connectivity index (χ1) is 10.3. The lowest BCUT2D eigenvalue weighted by atomic mass is 10.1. The molecule has 2 aromatic rings. The van der Waals surface area contributed by atoms with E-state index in [0.29, 0.717) is 24.5 Å². The maximum absolute atomic E-state index is 12.4. The SMILES string of the molecule is Cc1ccncc1CNC(=O)c1cccc2c1OCCN2. The number of anilines is 1. The molecule has 5 heteroatoms. The quantitative estimate of drug-likeness (QED) is 0.905. The number of ether oxygens (including phenoxy) is 1. The van der Waals surface area contributed by atoms with Crippen LogP contribution in [0.3, 0.4) is 0 Å². The monoisotopic (exact) mass is 283 g/mol. The van der Waals surface area contributed by atoms with E-state index in [1.807, 2.05) is 25.1 Å². The second kappa shape index (κ2) is 5.83. The molecule has 5 nitrogen and oxygen atoms in total. The zero-order valence-corrected chi connectivity index (χ0v) is 11.8. The number of fused-ring (bicyclic) bond motifs is 1. The Kier molecular flexibility index (Phi) is 3.73. The van der Waals surface area contributed by atoms with Crippen LogP contribution in [0.15, 0.2) is 36.7 Å². The highest BCUT2D eigenvalue weighted by Crippen LogP contribution is 2.31. The number of carbonyl (C=O) groups excluding carboxylic acids is 1.